The number of nitrogens with two attached hydrogens (primary N) is 1. The lowest BCUT2D eigenvalue weighted by Gasteiger charge is -2.42. The highest BCUT2D eigenvalue weighted by molar-refractivity contribution is 5.03. The molecule has 1 heterocycles. The minimum Gasteiger partial charge on any atom is -0.313 e. The van der Waals surface area contributed by atoms with E-state index in [2.05, 4.69) is 11.0 Å². The van der Waals surface area contributed by atoms with Gasteiger partial charge in [0.2, 0.25) is 0 Å². The second kappa shape index (κ2) is 4.73. The van der Waals surface area contributed by atoms with E-state index in [1.807, 2.05) is 6.92 Å². The lowest BCUT2D eigenvalue weighted by molar-refractivity contribution is 0.0785. The van der Waals surface area contributed by atoms with Crippen molar-refractivity contribution in [3.8, 4) is 6.07 Å². The Morgan fingerprint density at radius 1 is 1.31 bits per heavy atom. The summed E-state index contributed by atoms with van der Waals surface area (Å²) in [4.78, 5) is 2.40. The molecule has 3 unspecified atom stereocenters. The quantitative estimate of drug-likeness (QED) is 0.772. The normalized spacial score (nSPS) is 34.8. The molecule has 1 aliphatic carbocycles. The van der Waals surface area contributed by atoms with E-state index in [0.29, 0.717) is 0 Å². The fourth-order valence-electron chi connectivity index (χ4n) is 3.32. The van der Waals surface area contributed by atoms with Crippen LogP contribution in [0.2, 0.25) is 0 Å². The predicted molar refractivity (Wildman–Crippen MR) is 64.7 cm³/mol. The third-order valence-electron chi connectivity index (χ3n) is 4.18. The Morgan fingerprint density at radius 2 is 2.00 bits per heavy atom. The van der Waals surface area contributed by atoms with E-state index in [4.69, 9.17) is 11.0 Å². The summed E-state index contributed by atoms with van der Waals surface area (Å²) in [6, 6.07) is 2.20. The molecule has 16 heavy (non-hydrogen) atoms. The summed E-state index contributed by atoms with van der Waals surface area (Å²) >= 11 is 0. The minimum absolute atomic E-state index is 0.679. The number of hydrogen-bond acceptors (Lipinski definition) is 3. The molecule has 0 aromatic heterocycles. The molecule has 0 bridgehead atoms. The van der Waals surface area contributed by atoms with Crippen LogP contribution in [0.3, 0.4) is 0 Å². The summed E-state index contributed by atoms with van der Waals surface area (Å²) in [5.41, 5.74) is 5.23. The van der Waals surface area contributed by atoms with Crippen LogP contribution in [-0.2, 0) is 0 Å². The largest absolute Gasteiger partial charge is 0.313 e. The van der Waals surface area contributed by atoms with Gasteiger partial charge in [-0.05, 0) is 38.1 Å². The molecule has 2 rings (SSSR count). The third kappa shape index (κ3) is 2.75. The van der Waals surface area contributed by atoms with Gasteiger partial charge in [0.15, 0.2) is 0 Å². The van der Waals surface area contributed by atoms with Crippen molar-refractivity contribution in [1.29, 1.82) is 5.26 Å². The van der Waals surface area contributed by atoms with Gasteiger partial charge >= 0.3 is 0 Å². The maximum atomic E-state index is 8.96. The van der Waals surface area contributed by atoms with E-state index in [9.17, 15) is 0 Å². The molecule has 0 amide bonds. The molecule has 0 spiro atoms. The number of fused-ring (bicyclic) bond motifs is 1. The summed E-state index contributed by atoms with van der Waals surface area (Å²) in [7, 11) is 0. The first-order chi connectivity index (χ1) is 7.61. The third-order valence-corrected chi connectivity index (χ3v) is 4.18. The van der Waals surface area contributed by atoms with Crippen molar-refractivity contribution in [3.63, 3.8) is 0 Å². The van der Waals surface area contributed by atoms with Crippen LogP contribution in [0.1, 0.15) is 39.0 Å². The van der Waals surface area contributed by atoms with Gasteiger partial charge in [0.1, 0.15) is 5.54 Å². The molecule has 2 aliphatic rings. The molecular formula is C13H23N3. The summed E-state index contributed by atoms with van der Waals surface area (Å²) in [6.07, 6.45) is 6.94. The Balaban J connectivity index is 1.88. The molecule has 3 heteroatoms. The van der Waals surface area contributed by atoms with Gasteiger partial charge in [-0.3, -0.25) is 0 Å². The van der Waals surface area contributed by atoms with Crippen LogP contribution < -0.4 is 5.73 Å². The van der Waals surface area contributed by atoms with E-state index in [1.54, 1.807) is 0 Å². The van der Waals surface area contributed by atoms with Crippen molar-refractivity contribution in [3.05, 3.63) is 0 Å². The van der Waals surface area contributed by atoms with Crippen LogP contribution in [0.4, 0.5) is 0 Å². The molecule has 3 nitrogen and oxygen atoms in total. The second-order valence-electron chi connectivity index (χ2n) is 5.86. The lowest BCUT2D eigenvalue weighted by atomic mass is 9.75. The summed E-state index contributed by atoms with van der Waals surface area (Å²) in [6.45, 7) is 4.86. The molecule has 2 fully saturated rings. The van der Waals surface area contributed by atoms with Crippen molar-refractivity contribution >= 4 is 0 Å². The standard InChI is InChI=1S/C13H23N3/c1-13(15,9-14)10-16-7-6-11-4-2-3-5-12(11)8-16/h11-12H,2-8,10,15H2,1H3. The summed E-state index contributed by atoms with van der Waals surface area (Å²) in [5, 5.41) is 8.96. The van der Waals surface area contributed by atoms with Crippen LogP contribution >= 0.6 is 0 Å². The molecule has 1 aliphatic heterocycles. The fraction of sp³-hybridized carbons (Fsp3) is 0.923. The van der Waals surface area contributed by atoms with Gasteiger partial charge < -0.3 is 10.6 Å². The number of piperidine rings is 1. The van der Waals surface area contributed by atoms with E-state index in [0.717, 1.165) is 24.9 Å². The Kier molecular flexibility index (Phi) is 3.51. The lowest BCUT2D eigenvalue weighted by Crippen LogP contribution is -2.51. The maximum Gasteiger partial charge on any atom is 0.114 e. The molecule has 1 saturated carbocycles. The monoisotopic (exact) mass is 221 g/mol. The van der Waals surface area contributed by atoms with Gasteiger partial charge in [0.25, 0.3) is 0 Å². The number of nitriles is 1. The van der Waals surface area contributed by atoms with Crippen LogP contribution in [0.15, 0.2) is 0 Å². The van der Waals surface area contributed by atoms with Crippen LogP contribution in [-0.4, -0.2) is 30.1 Å². The second-order valence-corrected chi connectivity index (χ2v) is 5.86. The molecule has 2 N–H and O–H groups in total. The van der Waals surface area contributed by atoms with Gasteiger partial charge in [-0.2, -0.15) is 5.26 Å². The molecular weight excluding hydrogens is 198 g/mol. The smallest absolute Gasteiger partial charge is 0.114 e. The number of likely N-dealkylation sites (tertiary alicyclic amines) is 1. The van der Waals surface area contributed by atoms with Crippen molar-refractivity contribution in [1.82, 2.24) is 4.90 Å². The fourth-order valence-corrected chi connectivity index (χ4v) is 3.32. The zero-order valence-corrected chi connectivity index (χ0v) is 10.3. The average molecular weight is 221 g/mol. The van der Waals surface area contributed by atoms with Crippen molar-refractivity contribution in [2.24, 2.45) is 17.6 Å². The molecule has 0 radical (unpaired) electrons. The van der Waals surface area contributed by atoms with E-state index in [1.165, 1.54) is 38.6 Å². The topological polar surface area (TPSA) is 53.1 Å². The number of rotatable bonds is 2. The van der Waals surface area contributed by atoms with Crippen molar-refractivity contribution < 1.29 is 0 Å². The van der Waals surface area contributed by atoms with Gasteiger partial charge in [-0.25, -0.2) is 0 Å². The SMILES string of the molecule is CC(N)(C#N)CN1CCC2CCCCC2C1. The van der Waals surface area contributed by atoms with Gasteiger partial charge in [-0.15, -0.1) is 0 Å². The zero-order chi connectivity index (χ0) is 11.6. The van der Waals surface area contributed by atoms with E-state index in [-0.39, 0.29) is 0 Å². The molecule has 1 saturated heterocycles. The van der Waals surface area contributed by atoms with Crippen LogP contribution in [0.25, 0.3) is 0 Å². The van der Waals surface area contributed by atoms with Crippen molar-refractivity contribution in [2.75, 3.05) is 19.6 Å². The van der Waals surface area contributed by atoms with Crippen LogP contribution in [0.5, 0.6) is 0 Å². The first-order valence-electron chi connectivity index (χ1n) is 6.53. The highest BCUT2D eigenvalue weighted by Gasteiger charge is 2.33. The zero-order valence-electron chi connectivity index (χ0n) is 10.3. The maximum absolute atomic E-state index is 8.96. The van der Waals surface area contributed by atoms with E-state index < -0.39 is 5.54 Å². The van der Waals surface area contributed by atoms with Gasteiger partial charge in [0.05, 0.1) is 6.07 Å². The molecule has 0 aromatic rings. The Labute approximate surface area is 98.6 Å². The first kappa shape index (κ1) is 11.9. The highest BCUT2D eigenvalue weighted by Crippen LogP contribution is 2.36. The molecule has 3 atom stereocenters. The summed E-state index contributed by atoms with van der Waals surface area (Å²) < 4.78 is 0. The predicted octanol–water partition coefficient (Wildman–Crippen LogP) is 1.74. The molecule has 90 valence electrons. The summed E-state index contributed by atoms with van der Waals surface area (Å²) in [5.74, 6) is 1.83. The first-order valence-corrected chi connectivity index (χ1v) is 6.53. The Morgan fingerprint density at radius 3 is 2.69 bits per heavy atom. The van der Waals surface area contributed by atoms with E-state index >= 15 is 0 Å². The molecule has 0 aromatic carbocycles. The van der Waals surface area contributed by atoms with Gasteiger partial charge in [0, 0.05) is 13.1 Å². The minimum atomic E-state index is -0.679. The average Bonchev–Trinajstić information content (AvgIpc) is 2.28. The Bertz CT molecular complexity index is 279. The highest BCUT2D eigenvalue weighted by atomic mass is 15.2. The van der Waals surface area contributed by atoms with Crippen molar-refractivity contribution in [2.45, 2.75) is 44.6 Å². The van der Waals surface area contributed by atoms with Crippen LogP contribution in [0, 0.1) is 23.2 Å². The number of hydrogen-bond donors (Lipinski definition) is 1. The van der Waals surface area contributed by atoms with Gasteiger partial charge in [-0.1, -0.05) is 19.3 Å². The Hall–Kier alpha value is -0.590. The number of nitrogens with zero attached hydrogens (tertiary/aromatic N) is 2.